The number of nitrogens with one attached hydrogen (secondary N) is 2. The van der Waals surface area contributed by atoms with Crippen LogP contribution in [0.15, 0.2) is 20.7 Å². The lowest BCUT2D eigenvalue weighted by Crippen LogP contribution is -2.33. The molecule has 1 aromatic heterocycles. The highest BCUT2D eigenvalue weighted by atomic mass is 32.2. The number of hydrogen-bond acceptors (Lipinski definition) is 7. The first-order valence-corrected chi connectivity index (χ1v) is 12.1. The van der Waals surface area contributed by atoms with Crippen molar-refractivity contribution in [3.8, 4) is 0 Å². The maximum Gasteiger partial charge on any atom is 0.330 e. The highest BCUT2D eigenvalue weighted by Crippen LogP contribution is 2.27. The summed E-state index contributed by atoms with van der Waals surface area (Å²) in [5.74, 6) is 0.494. The van der Waals surface area contributed by atoms with E-state index < -0.39 is 29.7 Å². The van der Waals surface area contributed by atoms with Crippen LogP contribution >= 0.6 is 11.8 Å². The summed E-state index contributed by atoms with van der Waals surface area (Å²) in [4.78, 5) is 38.7. The van der Waals surface area contributed by atoms with Gasteiger partial charge in [-0.3, -0.25) is 19.1 Å². The van der Waals surface area contributed by atoms with Crippen molar-refractivity contribution in [2.24, 2.45) is 0 Å². The van der Waals surface area contributed by atoms with Crippen LogP contribution in [0.5, 0.6) is 0 Å². The Morgan fingerprint density at radius 2 is 1.97 bits per heavy atom. The molecule has 2 rings (SSSR count). The van der Waals surface area contributed by atoms with Gasteiger partial charge in [-0.1, -0.05) is 45.4 Å². The average molecular weight is 458 g/mol. The number of rotatable bonds is 14. The number of aliphatic hydroxyl groups excluding tert-OH is 2. The third-order valence-corrected chi connectivity index (χ3v) is 6.33. The number of carbonyl (C=O) groups is 1. The Bertz CT molecular complexity index is 796. The number of carbonyl (C=O) groups excluding carboxylic acids is 1. The van der Waals surface area contributed by atoms with Crippen molar-refractivity contribution in [3.05, 3.63) is 27.0 Å². The molecular weight excluding hydrogens is 422 g/mol. The summed E-state index contributed by atoms with van der Waals surface area (Å²) < 4.78 is 6.71. The van der Waals surface area contributed by atoms with Crippen molar-refractivity contribution in [1.82, 2.24) is 14.9 Å². The zero-order valence-electron chi connectivity index (χ0n) is 18.2. The molecule has 0 radical (unpaired) electrons. The number of ether oxygens (including phenoxy) is 1. The predicted molar refractivity (Wildman–Crippen MR) is 119 cm³/mol. The van der Waals surface area contributed by atoms with Gasteiger partial charge in [-0.15, -0.1) is 11.8 Å². The van der Waals surface area contributed by atoms with Crippen LogP contribution < -0.4 is 16.6 Å². The van der Waals surface area contributed by atoms with Gasteiger partial charge in [-0.05, 0) is 6.42 Å². The fourth-order valence-corrected chi connectivity index (χ4v) is 4.31. The molecular formula is C21H35N3O6S. The van der Waals surface area contributed by atoms with E-state index in [1.54, 1.807) is 0 Å². The van der Waals surface area contributed by atoms with Gasteiger partial charge in [-0.25, -0.2) is 4.79 Å². The topological polar surface area (TPSA) is 134 Å². The monoisotopic (exact) mass is 457 g/mol. The summed E-state index contributed by atoms with van der Waals surface area (Å²) in [5.41, 5.74) is -1.13. The summed E-state index contributed by atoms with van der Waals surface area (Å²) in [6.07, 6.45) is 7.80. The molecule has 1 aliphatic heterocycles. The molecule has 1 saturated heterocycles. The molecule has 0 spiro atoms. The van der Waals surface area contributed by atoms with Crippen LogP contribution in [0.1, 0.15) is 70.9 Å². The van der Waals surface area contributed by atoms with Crippen LogP contribution in [0, 0.1) is 0 Å². The SMILES string of the molecule is CCCCCCCCCC(=O)NCCSc1cn([C@H]2C[C@H](O)[C@@H](CO)O2)c(=O)[nH]c1=O. The molecule has 9 nitrogen and oxygen atoms in total. The highest BCUT2D eigenvalue weighted by Gasteiger charge is 2.35. The summed E-state index contributed by atoms with van der Waals surface area (Å²) in [6.45, 7) is 2.26. The number of nitrogens with zero attached hydrogens (tertiary/aromatic N) is 1. The number of H-pyrrole nitrogens is 1. The quantitative estimate of drug-likeness (QED) is 0.246. The smallest absolute Gasteiger partial charge is 0.330 e. The Labute approximate surface area is 186 Å². The Balaban J connectivity index is 1.73. The first-order valence-electron chi connectivity index (χ1n) is 11.2. The largest absolute Gasteiger partial charge is 0.394 e. The lowest BCUT2D eigenvalue weighted by molar-refractivity contribution is -0.121. The van der Waals surface area contributed by atoms with E-state index in [1.807, 2.05) is 0 Å². The van der Waals surface area contributed by atoms with Crippen LogP contribution in [-0.2, 0) is 9.53 Å². The molecule has 0 unspecified atom stereocenters. The minimum Gasteiger partial charge on any atom is -0.394 e. The van der Waals surface area contributed by atoms with Crippen LogP contribution in [0.3, 0.4) is 0 Å². The second-order valence-corrected chi connectivity index (χ2v) is 8.98. The van der Waals surface area contributed by atoms with Crippen molar-refractivity contribution in [3.63, 3.8) is 0 Å². The molecule has 0 bridgehead atoms. The van der Waals surface area contributed by atoms with Gasteiger partial charge < -0.3 is 20.3 Å². The summed E-state index contributed by atoms with van der Waals surface area (Å²) in [6, 6.07) is 0. The van der Waals surface area contributed by atoms with E-state index in [4.69, 9.17) is 4.74 Å². The zero-order chi connectivity index (χ0) is 22.6. The van der Waals surface area contributed by atoms with Crippen LogP contribution in [0.4, 0.5) is 0 Å². The highest BCUT2D eigenvalue weighted by molar-refractivity contribution is 7.99. The van der Waals surface area contributed by atoms with E-state index in [-0.39, 0.29) is 18.9 Å². The zero-order valence-corrected chi connectivity index (χ0v) is 19.0. The number of thioether (sulfide) groups is 1. The molecule has 1 fully saturated rings. The van der Waals surface area contributed by atoms with Gasteiger partial charge in [0.15, 0.2) is 0 Å². The number of aromatic nitrogens is 2. The molecule has 1 aromatic rings. The van der Waals surface area contributed by atoms with E-state index in [2.05, 4.69) is 17.2 Å². The van der Waals surface area contributed by atoms with Gasteiger partial charge in [-0.2, -0.15) is 0 Å². The van der Waals surface area contributed by atoms with Crippen LogP contribution in [0.25, 0.3) is 0 Å². The lowest BCUT2D eigenvalue weighted by Gasteiger charge is -2.15. The van der Waals surface area contributed by atoms with Gasteiger partial charge in [0.2, 0.25) is 5.91 Å². The first kappa shape index (κ1) is 25.6. The Hall–Kier alpha value is -1.62. The van der Waals surface area contributed by atoms with Crippen LogP contribution in [0.2, 0.25) is 0 Å². The van der Waals surface area contributed by atoms with Crippen molar-refractivity contribution >= 4 is 17.7 Å². The van der Waals surface area contributed by atoms with E-state index in [0.717, 1.165) is 12.8 Å². The predicted octanol–water partition coefficient (Wildman–Crippen LogP) is 1.53. The fourth-order valence-electron chi connectivity index (χ4n) is 3.52. The maximum atomic E-state index is 12.1. The number of aromatic amines is 1. The van der Waals surface area contributed by atoms with E-state index >= 15 is 0 Å². The summed E-state index contributed by atoms with van der Waals surface area (Å²) in [7, 11) is 0. The second-order valence-electron chi connectivity index (χ2n) is 7.84. The van der Waals surface area contributed by atoms with Gasteiger partial charge in [0, 0.05) is 31.3 Å². The summed E-state index contributed by atoms with van der Waals surface area (Å²) in [5, 5.41) is 21.9. The van der Waals surface area contributed by atoms with Crippen molar-refractivity contribution in [2.45, 2.75) is 88.0 Å². The minimum atomic E-state index is -0.878. The number of unbranched alkanes of at least 4 members (excludes halogenated alkanes) is 6. The van der Waals surface area contributed by atoms with Crippen molar-refractivity contribution in [2.75, 3.05) is 18.9 Å². The molecule has 1 aliphatic rings. The number of amides is 1. The molecule has 0 saturated carbocycles. The van der Waals surface area contributed by atoms with Crippen LogP contribution in [-0.4, -0.2) is 56.8 Å². The van der Waals surface area contributed by atoms with E-state index in [1.165, 1.54) is 54.6 Å². The molecule has 31 heavy (non-hydrogen) atoms. The summed E-state index contributed by atoms with van der Waals surface area (Å²) >= 11 is 1.23. The average Bonchev–Trinajstić information content (AvgIpc) is 3.12. The second kappa shape index (κ2) is 13.7. The Morgan fingerprint density at radius 3 is 2.65 bits per heavy atom. The van der Waals surface area contributed by atoms with Gasteiger partial charge >= 0.3 is 5.69 Å². The van der Waals surface area contributed by atoms with E-state index in [0.29, 0.717) is 23.6 Å². The first-order chi connectivity index (χ1) is 15.0. The molecule has 3 atom stereocenters. The van der Waals surface area contributed by atoms with Crippen molar-refractivity contribution in [1.29, 1.82) is 0 Å². The standard InChI is InChI=1S/C21H35N3O6S/c1-2-3-4-5-6-7-8-9-18(27)22-10-11-31-17-13-24(21(29)23-20(17)28)19-12-15(26)16(14-25)30-19/h13,15-16,19,25-26H,2-12,14H2,1H3,(H,22,27)(H,23,28,29)/t15-,16+,19+/m0/s1. The third-order valence-electron chi connectivity index (χ3n) is 5.32. The maximum absolute atomic E-state index is 12.1. The van der Waals surface area contributed by atoms with Gasteiger partial charge in [0.25, 0.3) is 5.56 Å². The number of hydrogen-bond donors (Lipinski definition) is 4. The molecule has 176 valence electrons. The Morgan fingerprint density at radius 1 is 1.26 bits per heavy atom. The molecule has 4 N–H and O–H groups in total. The minimum absolute atomic E-state index is 0.0106. The van der Waals surface area contributed by atoms with E-state index in [9.17, 15) is 24.6 Å². The molecule has 0 aromatic carbocycles. The fraction of sp³-hybridized carbons (Fsp3) is 0.762. The number of aliphatic hydroxyl groups is 2. The molecule has 10 heteroatoms. The van der Waals surface area contributed by atoms with Gasteiger partial charge in [0.05, 0.1) is 17.6 Å². The van der Waals surface area contributed by atoms with Crippen molar-refractivity contribution < 1.29 is 19.7 Å². The normalized spacial score (nSPS) is 20.8. The molecule has 1 amide bonds. The lowest BCUT2D eigenvalue weighted by atomic mass is 10.1. The molecule has 2 heterocycles. The third kappa shape index (κ3) is 8.44. The van der Waals surface area contributed by atoms with Gasteiger partial charge in [0.1, 0.15) is 12.3 Å². The molecule has 0 aliphatic carbocycles. The Kier molecular flexibility index (Phi) is 11.3.